The summed E-state index contributed by atoms with van der Waals surface area (Å²) in [5, 5.41) is 0. The Bertz CT molecular complexity index is 2310. The molecule has 0 radical (unpaired) electrons. The fourth-order valence-electron chi connectivity index (χ4n) is 14.0. The van der Waals surface area contributed by atoms with E-state index in [-0.39, 0.29) is 24.9 Å². The average molecular weight is 963 g/mol. The van der Waals surface area contributed by atoms with Crippen LogP contribution in [-0.2, 0) is 58.8 Å². The lowest BCUT2D eigenvalue weighted by atomic mass is 9.35. The molecule has 0 spiro atoms. The summed E-state index contributed by atoms with van der Waals surface area (Å²) in [7, 11) is 1.54. The van der Waals surface area contributed by atoms with E-state index < -0.39 is 116 Å². The number of esters is 3. The molecule has 0 unspecified atom stereocenters. The Kier molecular flexibility index (Phi) is 13.1. The normalized spacial score (nSPS) is 33.4. The summed E-state index contributed by atoms with van der Waals surface area (Å²) in [5.74, 6) is -6.24. The second-order valence-electron chi connectivity index (χ2n) is 21.7. The molecular weight excluding hydrogens is 899 g/mol. The number of hydrogen-bond acceptors (Lipinski definition) is 10. The number of epoxide rings is 1. The molecule has 7 rings (SSSR count). The third-order valence-corrected chi connectivity index (χ3v) is 17.3. The number of methoxy groups -OCH3 is 2. The van der Waals surface area contributed by atoms with Gasteiger partial charge in [-0.15, -0.1) is 0 Å². The van der Waals surface area contributed by atoms with Crippen molar-refractivity contribution in [2.75, 3.05) is 14.2 Å². The van der Waals surface area contributed by atoms with Gasteiger partial charge in [0.2, 0.25) is 0 Å². The summed E-state index contributed by atoms with van der Waals surface area (Å²) in [6, 6.07) is 12.8. The van der Waals surface area contributed by atoms with Crippen molar-refractivity contribution >= 4 is 23.7 Å². The maximum absolute atomic E-state index is 15.5. The van der Waals surface area contributed by atoms with Gasteiger partial charge in [0.05, 0.1) is 5.60 Å². The van der Waals surface area contributed by atoms with Gasteiger partial charge in [0, 0.05) is 56.4 Å². The maximum Gasteiger partial charge on any atom is 0.432 e. The van der Waals surface area contributed by atoms with Crippen LogP contribution in [0.15, 0.2) is 71.8 Å². The topological polar surface area (TPSA) is 127 Å². The Balaban J connectivity index is 1.33. The monoisotopic (exact) mass is 962 g/mol. The van der Waals surface area contributed by atoms with E-state index in [1.165, 1.54) is 43.3 Å². The molecule has 4 fully saturated rings. The second kappa shape index (κ2) is 17.2. The van der Waals surface area contributed by atoms with Crippen LogP contribution in [0, 0.1) is 39.4 Å². The fraction of sp³-hybridized carbons (Fsp3) is 0.654. The van der Waals surface area contributed by atoms with Crippen LogP contribution in [0.5, 0.6) is 0 Å². The molecule has 3 saturated carbocycles. The number of allylic oxidation sites excluding steroid dienone is 1. The van der Waals surface area contributed by atoms with Crippen LogP contribution >= 0.6 is 0 Å². The molecule has 0 aromatic heterocycles. The molecule has 10 nitrogen and oxygen atoms in total. The summed E-state index contributed by atoms with van der Waals surface area (Å²) in [6.45, 7) is 16.5. The van der Waals surface area contributed by atoms with E-state index in [1.54, 1.807) is 13.8 Å². The number of ketones is 1. The van der Waals surface area contributed by atoms with Crippen LogP contribution in [0.2, 0.25) is 0 Å². The highest BCUT2D eigenvalue weighted by Gasteiger charge is 2.74. The van der Waals surface area contributed by atoms with Gasteiger partial charge in [-0.25, -0.2) is 9.59 Å². The minimum atomic E-state index is -5.31. The molecule has 16 heteroatoms. The highest BCUT2D eigenvalue weighted by Crippen LogP contribution is 2.75. The van der Waals surface area contributed by atoms with E-state index >= 15 is 26.3 Å². The molecule has 12 atom stereocenters. The Labute approximate surface area is 394 Å². The lowest BCUT2D eigenvalue weighted by Gasteiger charge is -2.69. The van der Waals surface area contributed by atoms with Gasteiger partial charge in [-0.1, -0.05) is 113 Å². The van der Waals surface area contributed by atoms with E-state index in [0.29, 0.717) is 32.1 Å². The van der Waals surface area contributed by atoms with E-state index in [4.69, 9.17) is 28.4 Å². The van der Waals surface area contributed by atoms with Gasteiger partial charge in [-0.05, 0) is 74.0 Å². The molecule has 1 saturated heterocycles. The van der Waals surface area contributed by atoms with Gasteiger partial charge >= 0.3 is 30.3 Å². The van der Waals surface area contributed by atoms with E-state index in [0.717, 1.165) is 49.6 Å². The van der Waals surface area contributed by atoms with Gasteiger partial charge in [0.25, 0.3) is 11.2 Å². The predicted octanol–water partition coefficient (Wildman–Crippen LogP) is 10.7. The van der Waals surface area contributed by atoms with Crippen molar-refractivity contribution in [3.8, 4) is 0 Å². The first-order valence-electron chi connectivity index (χ1n) is 23.3. The highest BCUT2D eigenvalue weighted by molar-refractivity contribution is 5.91. The quantitative estimate of drug-likeness (QED) is 0.0629. The third-order valence-electron chi connectivity index (χ3n) is 17.3. The Morgan fingerprint density at radius 3 is 1.74 bits per heavy atom. The van der Waals surface area contributed by atoms with Crippen LogP contribution in [-0.4, -0.2) is 80.3 Å². The lowest BCUT2D eigenvalue weighted by Crippen LogP contribution is -2.69. The standard InChI is InChI=1S/C52H64F6O10/c1-29(26-37(65-30(2)59)41-45(5,6)68-41)33-22-24-47(8)34(33)27-36(66-42(61)49(63-10,51(53,54)55)31-18-14-12-15-19-31)39-46(7)28-35(60)40(44(3,4)38(46)23-25-48(39,47)9)67-43(62)50(64-11,52(56,57)58)32-20-16-13-17-21-32/h12-21,29,36-41H,22-28H2,1-11H3/t29-,36+,37+,38+,39+,40-,41-,46+,47+,48+,49-,50-/m1/s1. The molecule has 0 amide bonds. The first kappa shape index (κ1) is 51.6. The van der Waals surface area contributed by atoms with Crippen molar-refractivity contribution in [3.63, 3.8) is 0 Å². The first-order chi connectivity index (χ1) is 31.4. The molecule has 68 heavy (non-hydrogen) atoms. The van der Waals surface area contributed by atoms with Gasteiger partial charge in [0.1, 0.15) is 18.3 Å². The predicted molar refractivity (Wildman–Crippen MR) is 235 cm³/mol. The summed E-state index contributed by atoms with van der Waals surface area (Å²) >= 11 is 0. The average Bonchev–Trinajstić information content (AvgIpc) is 3.73. The number of fused-ring (bicyclic) bond motifs is 5. The summed E-state index contributed by atoms with van der Waals surface area (Å²) < 4.78 is 126. The molecule has 374 valence electrons. The number of Topliss-reactive ketones (excluding diaryl/α,β-unsaturated/α-hetero) is 1. The summed E-state index contributed by atoms with van der Waals surface area (Å²) in [5.41, 5.74) is -10.7. The number of carbonyl (C=O) groups excluding carboxylic acids is 4. The molecular formula is C52H64F6O10. The zero-order chi connectivity index (χ0) is 50.4. The number of benzene rings is 2. The Hall–Kier alpha value is -4.28. The van der Waals surface area contributed by atoms with Crippen LogP contribution < -0.4 is 0 Å². The van der Waals surface area contributed by atoms with Crippen LogP contribution in [0.4, 0.5) is 26.3 Å². The first-order valence-corrected chi connectivity index (χ1v) is 23.3. The Morgan fingerprint density at radius 1 is 0.779 bits per heavy atom. The molecule has 1 aliphatic heterocycles. The highest BCUT2D eigenvalue weighted by atomic mass is 19.4. The van der Waals surface area contributed by atoms with Crippen molar-refractivity contribution in [2.24, 2.45) is 39.4 Å². The third kappa shape index (κ3) is 7.81. The van der Waals surface area contributed by atoms with Crippen LogP contribution in [0.25, 0.3) is 0 Å². The zero-order valence-electron chi connectivity index (χ0n) is 40.6. The van der Waals surface area contributed by atoms with Crippen molar-refractivity contribution in [1.29, 1.82) is 0 Å². The Morgan fingerprint density at radius 2 is 1.28 bits per heavy atom. The zero-order valence-corrected chi connectivity index (χ0v) is 40.6. The van der Waals surface area contributed by atoms with Crippen LogP contribution in [0.1, 0.15) is 118 Å². The molecule has 4 aliphatic carbocycles. The largest absolute Gasteiger partial charge is 0.460 e. The minimum absolute atomic E-state index is 0.00657. The maximum atomic E-state index is 15.5. The number of ether oxygens (including phenoxy) is 6. The summed E-state index contributed by atoms with van der Waals surface area (Å²) in [6.07, 6.45) is -12.4. The molecule has 2 aromatic rings. The molecule has 0 N–H and O–H groups in total. The number of hydrogen-bond donors (Lipinski definition) is 0. The lowest BCUT2D eigenvalue weighted by molar-refractivity contribution is -0.288. The van der Waals surface area contributed by atoms with Gasteiger partial charge in [-0.3, -0.25) is 9.59 Å². The van der Waals surface area contributed by atoms with Crippen molar-refractivity contribution < 1.29 is 73.9 Å². The minimum Gasteiger partial charge on any atom is -0.460 e. The fourth-order valence-corrected chi connectivity index (χ4v) is 14.0. The molecule has 0 bridgehead atoms. The second-order valence-corrected chi connectivity index (χ2v) is 21.7. The number of carbonyl (C=O) groups is 4. The number of halogens is 6. The van der Waals surface area contributed by atoms with E-state index in [1.807, 2.05) is 34.6 Å². The SMILES string of the molecule is CO[C@@](C(=O)O[C@H]1CC2=C([C@H](C)C[C@H](OC(C)=O)[C@H]3OC3(C)C)CC[C@]2(C)[C@@]2(C)CC[C@H]3C(C)(C)[C@H](OC(=O)[C@](OC)(c4ccccc4)C(F)(F)F)C(=O)C[C@]3(C)[C@H]12)(c1ccccc1)C(F)(F)F. The van der Waals surface area contributed by atoms with E-state index in [9.17, 15) is 19.2 Å². The van der Waals surface area contributed by atoms with Crippen LogP contribution in [0.3, 0.4) is 0 Å². The molecule has 2 aromatic carbocycles. The van der Waals surface area contributed by atoms with Gasteiger partial charge in [0.15, 0.2) is 11.9 Å². The van der Waals surface area contributed by atoms with Crippen molar-refractivity contribution in [3.05, 3.63) is 82.9 Å². The summed E-state index contributed by atoms with van der Waals surface area (Å²) in [4.78, 5) is 56.0. The number of rotatable bonds is 13. The van der Waals surface area contributed by atoms with Crippen molar-refractivity contribution in [1.82, 2.24) is 0 Å². The smallest absolute Gasteiger partial charge is 0.432 e. The van der Waals surface area contributed by atoms with Crippen molar-refractivity contribution in [2.45, 2.75) is 161 Å². The van der Waals surface area contributed by atoms with Gasteiger partial charge in [-0.2, -0.15) is 26.3 Å². The molecule has 5 aliphatic rings. The van der Waals surface area contributed by atoms with E-state index in [2.05, 4.69) is 6.92 Å². The number of alkyl halides is 6. The molecule has 1 heterocycles. The van der Waals surface area contributed by atoms with Gasteiger partial charge < -0.3 is 28.4 Å².